The van der Waals surface area contributed by atoms with E-state index >= 15 is 0 Å². The van der Waals surface area contributed by atoms with Crippen LogP contribution in [0.5, 0.6) is 0 Å². The number of fused-ring (bicyclic) bond motifs is 3. The number of aromatic amines is 1. The normalized spacial score (nSPS) is 22.2. The van der Waals surface area contributed by atoms with E-state index in [-0.39, 0.29) is 0 Å². The summed E-state index contributed by atoms with van der Waals surface area (Å²) >= 11 is 6.26. The Balaban J connectivity index is 1.61. The molecular weight excluding hydrogens is 330 g/mol. The van der Waals surface area contributed by atoms with Gasteiger partial charge in [-0.15, -0.1) is 0 Å². The molecule has 1 saturated heterocycles. The Kier molecular flexibility index (Phi) is 5.08. The van der Waals surface area contributed by atoms with Gasteiger partial charge in [0.15, 0.2) is 0 Å². The van der Waals surface area contributed by atoms with Crippen LogP contribution in [0.1, 0.15) is 50.4 Å². The van der Waals surface area contributed by atoms with Gasteiger partial charge in [-0.25, -0.2) is 0 Å². The molecule has 2 aliphatic heterocycles. The van der Waals surface area contributed by atoms with Crippen LogP contribution in [0, 0.1) is 5.92 Å². The van der Waals surface area contributed by atoms with E-state index in [0.717, 1.165) is 18.0 Å². The number of H-pyrrole nitrogens is 1. The van der Waals surface area contributed by atoms with Gasteiger partial charge >= 0.3 is 0 Å². The molecule has 1 aromatic heterocycles. The van der Waals surface area contributed by atoms with Gasteiger partial charge in [0.05, 0.1) is 6.04 Å². The Bertz CT molecular complexity index is 730. The highest BCUT2D eigenvalue weighted by Crippen LogP contribution is 2.38. The summed E-state index contributed by atoms with van der Waals surface area (Å²) < 4.78 is 0. The molecule has 0 bridgehead atoms. The molecule has 0 spiro atoms. The van der Waals surface area contributed by atoms with E-state index in [0.29, 0.717) is 12.0 Å². The van der Waals surface area contributed by atoms with Gasteiger partial charge in [-0.1, -0.05) is 25.4 Å². The van der Waals surface area contributed by atoms with E-state index in [1.54, 1.807) is 0 Å². The number of benzene rings is 1. The van der Waals surface area contributed by atoms with Gasteiger partial charge in [-0.3, -0.25) is 4.90 Å². The molecule has 0 aliphatic carbocycles. The van der Waals surface area contributed by atoms with Crippen LogP contribution in [0.25, 0.3) is 10.9 Å². The SMILES string of the molecule is CC(C)CC1c2[nH]c3ccc(Cl)cc3c2CCN1CCN1CCCC1. The van der Waals surface area contributed by atoms with Crippen LogP contribution in [-0.2, 0) is 6.42 Å². The van der Waals surface area contributed by atoms with Crippen molar-refractivity contribution >= 4 is 22.5 Å². The summed E-state index contributed by atoms with van der Waals surface area (Å²) in [5.41, 5.74) is 4.18. The van der Waals surface area contributed by atoms with Crippen molar-refractivity contribution in [1.82, 2.24) is 14.8 Å². The Morgan fingerprint density at radius 1 is 1.16 bits per heavy atom. The first kappa shape index (κ1) is 17.4. The molecule has 1 atom stereocenters. The summed E-state index contributed by atoms with van der Waals surface area (Å²) in [6.45, 7) is 10.8. The molecule has 1 aromatic carbocycles. The summed E-state index contributed by atoms with van der Waals surface area (Å²) in [5, 5.41) is 2.17. The van der Waals surface area contributed by atoms with E-state index in [2.05, 4.69) is 40.8 Å². The van der Waals surface area contributed by atoms with E-state index in [9.17, 15) is 0 Å². The average molecular weight is 360 g/mol. The molecule has 25 heavy (non-hydrogen) atoms. The monoisotopic (exact) mass is 359 g/mol. The maximum absolute atomic E-state index is 6.26. The van der Waals surface area contributed by atoms with Crippen LogP contribution < -0.4 is 0 Å². The number of aromatic nitrogens is 1. The first-order chi connectivity index (χ1) is 12.1. The van der Waals surface area contributed by atoms with Crippen LogP contribution in [-0.4, -0.2) is 47.5 Å². The number of likely N-dealkylation sites (tertiary alicyclic amines) is 1. The second kappa shape index (κ2) is 7.30. The number of halogens is 1. The number of hydrogen-bond donors (Lipinski definition) is 1. The maximum atomic E-state index is 6.26. The Labute approximate surface area is 156 Å². The molecule has 2 aliphatic rings. The summed E-state index contributed by atoms with van der Waals surface area (Å²) in [4.78, 5) is 9.09. The fourth-order valence-electron chi connectivity index (χ4n) is 4.65. The van der Waals surface area contributed by atoms with Gasteiger partial charge < -0.3 is 9.88 Å². The lowest BCUT2D eigenvalue weighted by molar-refractivity contribution is 0.141. The molecule has 4 rings (SSSR count). The van der Waals surface area contributed by atoms with Crippen molar-refractivity contribution in [2.75, 3.05) is 32.7 Å². The minimum Gasteiger partial charge on any atom is -0.357 e. The largest absolute Gasteiger partial charge is 0.357 e. The maximum Gasteiger partial charge on any atom is 0.0504 e. The first-order valence-electron chi connectivity index (χ1n) is 9.88. The highest BCUT2D eigenvalue weighted by atomic mass is 35.5. The lowest BCUT2D eigenvalue weighted by atomic mass is 9.91. The van der Waals surface area contributed by atoms with E-state index in [1.807, 2.05) is 6.07 Å². The lowest BCUT2D eigenvalue weighted by Crippen LogP contribution is -2.40. The fraction of sp³-hybridized carbons (Fsp3) is 0.619. The van der Waals surface area contributed by atoms with Crippen molar-refractivity contribution in [1.29, 1.82) is 0 Å². The zero-order valence-electron chi connectivity index (χ0n) is 15.5. The van der Waals surface area contributed by atoms with Gasteiger partial charge in [0.2, 0.25) is 0 Å². The molecule has 2 aromatic rings. The van der Waals surface area contributed by atoms with Crippen molar-refractivity contribution < 1.29 is 0 Å². The molecule has 4 heteroatoms. The van der Waals surface area contributed by atoms with Gasteiger partial charge in [-0.2, -0.15) is 0 Å². The number of rotatable bonds is 5. The Hall–Kier alpha value is -1.03. The summed E-state index contributed by atoms with van der Waals surface area (Å²) in [7, 11) is 0. The number of hydrogen-bond acceptors (Lipinski definition) is 2. The van der Waals surface area contributed by atoms with Crippen LogP contribution in [0.2, 0.25) is 5.02 Å². The zero-order chi connectivity index (χ0) is 17.4. The summed E-state index contributed by atoms with van der Waals surface area (Å²) in [5.74, 6) is 0.695. The third kappa shape index (κ3) is 3.60. The predicted octanol–water partition coefficient (Wildman–Crippen LogP) is 4.86. The van der Waals surface area contributed by atoms with Gasteiger partial charge in [-0.05, 0) is 68.5 Å². The predicted molar refractivity (Wildman–Crippen MR) is 106 cm³/mol. The molecular formula is C21H30ClN3. The van der Waals surface area contributed by atoms with Crippen molar-refractivity contribution in [2.24, 2.45) is 5.92 Å². The van der Waals surface area contributed by atoms with Crippen LogP contribution in [0.4, 0.5) is 0 Å². The van der Waals surface area contributed by atoms with Crippen molar-refractivity contribution in [3.05, 3.63) is 34.5 Å². The van der Waals surface area contributed by atoms with E-state index in [1.165, 1.54) is 67.6 Å². The van der Waals surface area contributed by atoms with Crippen LogP contribution in [0.15, 0.2) is 18.2 Å². The standard InChI is InChI=1S/C21H30ClN3/c1-15(2)13-20-21-17(18-14-16(22)5-6-19(18)23-21)7-10-25(20)12-11-24-8-3-4-9-24/h5-6,14-15,20,23H,3-4,7-13H2,1-2H3. The molecule has 1 N–H and O–H groups in total. The Morgan fingerprint density at radius 2 is 1.96 bits per heavy atom. The highest BCUT2D eigenvalue weighted by molar-refractivity contribution is 6.31. The molecule has 1 fully saturated rings. The smallest absolute Gasteiger partial charge is 0.0504 e. The molecule has 0 amide bonds. The van der Waals surface area contributed by atoms with Gasteiger partial charge in [0.25, 0.3) is 0 Å². The van der Waals surface area contributed by atoms with Crippen molar-refractivity contribution in [2.45, 2.75) is 45.6 Å². The zero-order valence-corrected chi connectivity index (χ0v) is 16.3. The number of nitrogens with one attached hydrogen (secondary N) is 1. The van der Waals surface area contributed by atoms with Crippen molar-refractivity contribution in [3.8, 4) is 0 Å². The quantitative estimate of drug-likeness (QED) is 0.823. The molecule has 0 radical (unpaired) electrons. The summed E-state index contributed by atoms with van der Waals surface area (Å²) in [6.07, 6.45) is 5.10. The average Bonchev–Trinajstić information content (AvgIpc) is 3.21. The Morgan fingerprint density at radius 3 is 2.72 bits per heavy atom. The second-order valence-electron chi connectivity index (χ2n) is 8.19. The third-order valence-electron chi connectivity index (χ3n) is 5.92. The third-order valence-corrected chi connectivity index (χ3v) is 6.16. The first-order valence-corrected chi connectivity index (χ1v) is 10.3. The fourth-order valence-corrected chi connectivity index (χ4v) is 4.82. The van der Waals surface area contributed by atoms with Gasteiger partial charge in [0, 0.05) is 41.3 Å². The molecule has 3 heterocycles. The topological polar surface area (TPSA) is 22.3 Å². The van der Waals surface area contributed by atoms with Crippen molar-refractivity contribution in [3.63, 3.8) is 0 Å². The molecule has 0 saturated carbocycles. The van der Waals surface area contributed by atoms with Crippen LogP contribution in [0.3, 0.4) is 0 Å². The molecule has 1 unspecified atom stereocenters. The number of nitrogens with zero attached hydrogens (tertiary/aromatic N) is 2. The lowest BCUT2D eigenvalue weighted by Gasteiger charge is -2.37. The van der Waals surface area contributed by atoms with Gasteiger partial charge in [0.1, 0.15) is 0 Å². The second-order valence-corrected chi connectivity index (χ2v) is 8.62. The van der Waals surface area contributed by atoms with E-state index < -0.39 is 0 Å². The minimum absolute atomic E-state index is 0.512. The minimum atomic E-state index is 0.512. The molecule has 136 valence electrons. The summed E-state index contributed by atoms with van der Waals surface area (Å²) in [6, 6.07) is 6.78. The van der Waals surface area contributed by atoms with E-state index in [4.69, 9.17) is 11.6 Å². The van der Waals surface area contributed by atoms with Crippen LogP contribution >= 0.6 is 11.6 Å². The highest BCUT2D eigenvalue weighted by Gasteiger charge is 2.31. The molecule has 3 nitrogen and oxygen atoms in total.